The first kappa shape index (κ1) is 17.1. The zero-order valence-electron chi connectivity index (χ0n) is 12.8. The fourth-order valence-electron chi connectivity index (χ4n) is 2.93. The second kappa shape index (κ2) is 7.37. The lowest BCUT2D eigenvalue weighted by molar-refractivity contribution is -0.0687. The molecule has 7 nitrogen and oxygen atoms in total. The van der Waals surface area contributed by atoms with Crippen molar-refractivity contribution in [2.45, 2.75) is 63.5 Å². The van der Waals surface area contributed by atoms with Crippen LogP contribution in [0.25, 0.3) is 0 Å². The molecule has 0 aromatic carbocycles. The number of hydrogen-bond acceptors (Lipinski definition) is 7. The highest BCUT2D eigenvalue weighted by Gasteiger charge is 2.40. The van der Waals surface area contributed by atoms with Gasteiger partial charge in [-0.15, -0.1) is 0 Å². The summed E-state index contributed by atoms with van der Waals surface area (Å²) in [5, 5.41) is 19.4. The van der Waals surface area contributed by atoms with E-state index in [1.165, 1.54) is 0 Å². The largest absolute Gasteiger partial charge is 0.388 e. The van der Waals surface area contributed by atoms with Gasteiger partial charge >= 0.3 is 0 Å². The van der Waals surface area contributed by atoms with Crippen molar-refractivity contribution >= 4 is 7.41 Å². The molecular formula is C13H27BN3O4. The van der Waals surface area contributed by atoms with E-state index in [-0.39, 0.29) is 12.3 Å². The molecule has 2 aliphatic rings. The number of aliphatic hydroxyl groups excluding tert-OH is 2. The summed E-state index contributed by atoms with van der Waals surface area (Å²) in [6.45, 7) is 5.71. The maximum atomic E-state index is 9.84. The molecule has 0 amide bonds. The fourth-order valence-corrected chi connectivity index (χ4v) is 2.93. The second-order valence-electron chi connectivity index (χ2n) is 6.42. The van der Waals surface area contributed by atoms with E-state index in [0.29, 0.717) is 18.8 Å². The molecule has 0 aliphatic carbocycles. The number of hydrogen-bond donors (Lipinski definition) is 4. The molecule has 2 heterocycles. The van der Waals surface area contributed by atoms with E-state index in [1.807, 2.05) is 7.41 Å². The molecule has 1 radical (unpaired) electrons. The van der Waals surface area contributed by atoms with Gasteiger partial charge in [0.15, 0.2) is 0 Å². The maximum absolute atomic E-state index is 9.84. The molecule has 121 valence electrons. The number of ether oxygens (including phenoxy) is 2. The SMILES string of the molecule is CC(C)CC1CN([B]CC2OC(N)C(O)C2O)CC(N)O1. The molecule has 21 heavy (non-hydrogen) atoms. The Bertz CT molecular complexity index is 335. The highest BCUT2D eigenvalue weighted by molar-refractivity contribution is 6.32. The minimum absolute atomic E-state index is 0.118. The zero-order chi connectivity index (χ0) is 15.6. The standard InChI is InChI=1S/C13H27BN3O4/c1-7(2)3-8-5-17(6-10(15)20-8)14-4-9-11(18)12(19)13(16)21-9/h7-13,18-19H,3-6,15-16H2,1-2H3. The molecule has 2 aliphatic heterocycles. The maximum Gasteiger partial charge on any atom is 0.211 e. The molecule has 2 fully saturated rings. The van der Waals surface area contributed by atoms with Crippen LogP contribution in [0.15, 0.2) is 0 Å². The highest BCUT2D eigenvalue weighted by Crippen LogP contribution is 2.22. The number of nitrogens with two attached hydrogens (primary N) is 2. The van der Waals surface area contributed by atoms with Gasteiger partial charge in [-0.3, -0.25) is 0 Å². The summed E-state index contributed by atoms with van der Waals surface area (Å²) >= 11 is 0. The molecule has 2 saturated heterocycles. The van der Waals surface area contributed by atoms with E-state index < -0.39 is 24.5 Å². The predicted molar refractivity (Wildman–Crippen MR) is 79.3 cm³/mol. The monoisotopic (exact) mass is 300 g/mol. The van der Waals surface area contributed by atoms with Crippen LogP contribution in [0.5, 0.6) is 0 Å². The van der Waals surface area contributed by atoms with Crippen molar-refractivity contribution in [3.63, 3.8) is 0 Å². The van der Waals surface area contributed by atoms with E-state index in [2.05, 4.69) is 18.7 Å². The Morgan fingerprint density at radius 2 is 1.90 bits per heavy atom. The molecule has 2 rings (SSSR count). The third-order valence-corrected chi connectivity index (χ3v) is 3.95. The van der Waals surface area contributed by atoms with Crippen LogP contribution in [0.4, 0.5) is 0 Å². The van der Waals surface area contributed by atoms with Crippen LogP contribution in [0, 0.1) is 5.92 Å². The van der Waals surface area contributed by atoms with Crippen molar-refractivity contribution in [2.24, 2.45) is 17.4 Å². The van der Waals surface area contributed by atoms with Gasteiger partial charge in [-0.2, -0.15) is 0 Å². The van der Waals surface area contributed by atoms with E-state index >= 15 is 0 Å². The minimum Gasteiger partial charge on any atom is -0.388 e. The third kappa shape index (κ3) is 4.62. The molecule has 0 aromatic heterocycles. The normalized spacial score (nSPS) is 41.7. The average Bonchev–Trinajstić information content (AvgIpc) is 2.62. The Hall–Kier alpha value is -0.215. The molecule has 0 saturated carbocycles. The minimum atomic E-state index is -1.02. The highest BCUT2D eigenvalue weighted by atomic mass is 16.6. The van der Waals surface area contributed by atoms with Gasteiger partial charge in [-0.1, -0.05) is 13.8 Å². The molecule has 6 N–H and O–H groups in total. The zero-order valence-corrected chi connectivity index (χ0v) is 12.8. The van der Waals surface area contributed by atoms with Crippen LogP contribution in [-0.4, -0.2) is 72.4 Å². The van der Waals surface area contributed by atoms with Crippen molar-refractivity contribution in [3.8, 4) is 0 Å². The summed E-state index contributed by atoms with van der Waals surface area (Å²) in [5.74, 6) is 0.551. The van der Waals surface area contributed by atoms with Gasteiger partial charge < -0.3 is 36.0 Å². The van der Waals surface area contributed by atoms with E-state index in [0.717, 1.165) is 13.0 Å². The molecule has 8 heteroatoms. The lowest BCUT2D eigenvalue weighted by atomic mass is 9.80. The fraction of sp³-hybridized carbons (Fsp3) is 1.00. The average molecular weight is 300 g/mol. The summed E-state index contributed by atoms with van der Waals surface area (Å²) in [5.41, 5.74) is 11.5. The van der Waals surface area contributed by atoms with Crippen molar-refractivity contribution < 1.29 is 19.7 Å². The van der Waals surface area contributed by atoms with Gasteiger partial charge in [0.05, 0.1) is 12.2 Å². The summed E-state index contributed by atoms with van der Waals surface area (Å²) < 4.78 is 11.1. The van der Waals surface area contributed by atoms with Gasteiger partial charge in [0.2, 0.25) is 7.41 Å². The number of morpholine rings is 1. The van der Waals surface area contributed by atoms with Crippen molar-refractivity contribution in [3.05, 3.63) is 0 Å². The molecular weight excluding hydrogens is 273 g/mol. The first-order valence-electron chi connectivity index (χ1n) is 7.62. The molecule has 0 spiro atoms. The van der Waals surface area contributed by atoms with Crippen LogP contribution in [-0.2, 0) is 9.47 Å². The number of nitrogens with zero attached hydrogens (tertiary/aromatic N) is 1. The first-order chi connectivity index (χ1) is 9.86. The topological polar surface area (TPSA) is 114 Å². The van der Waals surface area contributed by atoms with E-state index in [9.17, 15) is 10.2 Å². The molecule has 6 unspecified atom stereocenters. The number of rotatable bonds is 5. The predicted octanol–water partition coefficient (Wildman–Crippen LogP) is -1.54. The Morgan fingerprint density at radius 3 is 2.48 bits per heavy atom. The van der Waals surface area contributed by atoms with Crippen LogP contribution < -0.4 is 11.5 Å². The molecule has 6 atom stereocenters. The lowest BCUT2D eigenvalue weighted by Gasteiger charge is -2.37. The summed E-state index contributed by atoms with van der Waals surface area (Å²) in [6.07, 6.45) is -2.00. The second-order valence-corrected chi connectivity index (χ2v) is 6.42. The van der Waals surface area contributed by atoms with Crippen LogP contribution >= 0.6 is 0 Å². The summed E-state index contributed by atoms with van der Waals surface area (Å²) in [6, 6.07) is 0. The van der Waals surface area contributed by atoms with Gasteiger partial charge in [0, 0.05) is 13.1 Å². The Kier molecular flexibility index (Phi) is 6.01. The summed E-state index contributed by atoms with van der Waals surface area (Å²) in [4.78, 5) is 2.10. The van der Waals surface area contributed by atoms with Crippen LogP contribution in [0.2, 0.25) is 6.32 Å². The van der Waals surface area contributed by atoms with Gasteiger partial charge in [-0.25, -0.2) is 0 Å². The van der Waals surface area contributed by atoms with Gasteiger partial charge in [-0.05, 0) is 18.7 Å². The Labute approximate surface area is 126 Å². The number of aliphatic hydroxyl groups is 2. The smallest absolute Gasteiger partial charge is 0.211 e. The van der Waals surface area contributed by atoms with Crippen molar-refractivity contribution in [1.29, 1.82) is 0 Å². The first-order valence-corrected chi connectivity index (χ1v) is 7.62. The molecule has 0 aromatic rings. The van der Waals surface area contributed by atoms with E-state index in [4.69, 9.17) is 20.9 Å². The van der Waals surface area contributed by atoms with Crippen LogP contribution in [0.3, 0.4) is 0 Å². The van der Waals surface area contributed by atoms with E-state index in [1.54, 1.807) is 0 Å². The van der Waals surface area contributed by atoms with Gasteiger partial charge in [0.1, 0.15) is 24.7 Å². The quantitative estimate of drug-likeness (QED) is 0.455. The Balaban J connectivity index is 1.79. The Morgan fingerprint density at radius 1 is 1.19 bits per heavy atom. The van der Waals surface area contributed by atoms with Crippen LogP contribution in [0.1, 0.15) is 20.3 Å². The molecule has 0 bridgehead atoms. The van der Waals surface area contributed by atoms with Gasteiger partial charge in [0.25, 0.3) is 0 Å². The van der Waals surface area contributed by atoms with Crippen molar-refractivity contribution in [1.82, 2.24) is 4.81 Å². The summed E-state index contributed by atoms with van der Waals surface area (Å²) in [7, 11) is 1.97. The van der Waals surface area contributed by atoms with Crippen molar-refractivity contribution in [2.75, 3.05) is 13.1 Å². The lowest BCUT2D eigenvalue weighted by Crippen LogP contribution is -2.53. The third-order valence-electron chi connectivity index (χ3n) is 3.95.